The molecule has 0 saturated carbocycles. The summed E-state index contributed by atoms with van der Waals surface area (Å²) in [6.07, 6.45) is 1.54. The van der Waals surface area contributed by atoms with Crippen LogP contribution in [0.5, 0.6) is 0 Å². The molecule has 1 unspecified atom stereocenters. The first-order valence-corrected chi connectivity index (χ1v) is 6.86. The number of nitrogens with zero attached hydrogens (tertiary/aromatic N) is 3. The van der Waals surface area contributed by atoms with Crippen LogP contribution in [0, 0.1) is 0 Å². The number of aromatic nitrogens is 2. The summed E-state index contributed by atoms with van der Waals surface area (Å²) in [6.45, 7) is 2.11. The van der Waals surface area contributed by atoms with Crippen LogP contribution in [0.4, 0.5) is 0 Å². The lowest BCUT2D eigenvalue weighted by Crippen LogP contribution is -2.37. The van der Waals surface area contributed by atoms with Crippen molar-refractivity contribution in [3.05, 3.63) is 40.7 Å². The van der Waals surface area contributed by atoms with Crippen LogP contribution in [0.3, 0.4) is 0 Å². The molecule has 1 heterocycles. The van der Waals surface area contributed by atoms with E-state index in [0.717, 1.165) is 5.52 Å². The predicted octanol–water partition coefficient (Wildman–Crippen LogP) is 0.626. The Morgan fingerprint density at radius 3 is 2.86 bits per heavy atom. The number of benzene rings is 1. The number of para-hydroxylation sites is 1. The van der Waals surface area contributed by atoms with E-state index in [2.05, 4.69) is 5.10 Å². The number of hydrogen-bond donors (Lipinski definition) is 1. The number of aryl methyl sites for hydroxylation is 1. The van der Waals surface area contributed by atoms with E-state index in [1.54, 1.807) is 30.8 Å². The van der Waals surface area contributed by atoms with Gasteiger partial charge in [0.2, 0.25) is 11.3 Å². The van der Waals surface area contributed by atoms with E-state index in [4.69, 9.17) is 5.11 Å². The van der Waals surface area contributed by atoms with Crippen LogP contribution in [0.15, 0.2) is 35.3 Å². The molecule has 0 fully saturated rings. The van der Waals surface area contributed by atoms with Crippen LogP contribution in [-0.2, 0) is 11.3 Å². The molecule has 21 heavy (non-hydrogen) atoms. The van der Waals surface area contributed by atoms with Gasteiger partial charge in [0.25, 0.3) is 0 Å². The van der Waals surface area contributed by atoms with Gasteiger partial charge in [-0.05, 0) is 19.1 Å². The number of likely N-dealkylation sites (N-methyl/N-ethyl adjacent to an activating group) is 1. The molecule has 0 aliphatic carbocycles. The molecule has 1 atom stereocenters. The van der Waals surface area contributed by atoms with Crippen molar-refractivity contribution < 1.29 is 9.90 Å². The van der Waals surface area contributed by atoms with Crippen LogP contribution in [0.2, 0.25) is 0 Å². The lowest BCUT2D eigenvalue weighted by atomic mass is 10.2. The Morgan fingerprint density at radius 2 is 2.14 bits per heavy atom. The molecule has 1 aromatic heterocycles. The molecule has 0 aliphatic rings. The largest absolute Gasteiger partial charge is 0.394 e. The number of aliphatic hydroxyl groups excluding tert-OH is 1. The molecule has 2 rings (SSSR count). The third-order valence-electron chi connectivity index (χ3n) is 3.62. The molecule has 0 spiro atoms. The molecule has 1 amide bonds. The van der Waals surface area contributed by atoms with Crippen molar-refractivity contribution in [3.8, 4) is 0 Å². The molecule has 112 valence electrons. The third-order valence-corrected chi connectivity index (χ3v) is 3.62. The zero-order chi connectivity index (χ0) is 15.4. The summed E-state index contributed by atoms with van der Waals surface area (Å²) in [6, 6.07) is 6.99. The van der Waals surface area contributed by atoms with Crippen molar-refractivity contribution in [1.82, 2.24) is 14.7 Å². The van der Waals surface area contributed by atoms with Gasteiger partial charge in [-0.25, -0.2) is 0 Å². The molecule has 6 heteroatoms. The van der Waals surface area contributed by atoms with E-state index in [0.29, 0.717) is 11.9 Å². The summed E-state index contributed by atoms with van der Waals surface area (Å²) in [5, 5.41) is 13.7. The lowest BCUT2D eigenvalue weighted by molar-refractivity contribution is -0.132. The fraction of sp³-hybridized carbons (Fsp3) is 0.400. The number of hydrogen-bond acceptors (Lipinski definition) is 4. The Balaban J connectivity index is 2.16. The number of carbonyl (C=O) groups excluding carboxylic acids is 1. The van der Waals surface area contributed by atoms with Gasteiger partial charge in [-0.1, -0.05) is 12.1 Å². The Hall–Kier alpha value is -2.21. The number of carbonyl (C=O) groups is 1. The maximum absolute atomic E-state index is 12.0. The highest BCUT2D eigenvalue weighted by Crippen LogP contribution is 2.09. The lowest BCUT2D eigenvalue weighted by Gasteiger charge is -2.23. The highest BCUT2D eigenvalue weighted by Gasteiger charge is 2.15. The first kappa shape index (κ1) is 15.2. The summed E-state index contributed by atoms with van der Waals surface area (Å²) in [5.74, 6) is -0.0684. The minimum Gasteiger partial charge on any atom is -0.394 e. The fourth-order valence-corrected chi connectivity index (χ4v) is 2.09. The van der Waals surface area contributed by atoms with Crippen molar-refractivity contribution in [1.29, 1.82) is 0 Å². The van der Waals surface area contributed by atoms with Crippen LogP contribution in [0.1, 0.15) is 13.3 Å². The summed E-state index contributed by atoms with van der Waals surface area (Å²) in [4.78, 5) is 25.3. The number of amides is 1. The average molecular weight is 289 g/mol. The molecule has 1 N–H and O–H groups in total. The van der Waals surface area contributed by atoms with Gasteiger partial charge in [-0.2, -0.15) is 5.10 Å². The Morgan fingerprint density at radius 1 is 1.43 bits per heavy atom. The summed E-state index contributed by atoms with van der Waals surface area (Å²) in [5.41, 5.74) is 0.592. The second-order valence-corrected chi connectivity index (χ2v) is 5.04. The average Bonchev–Trinajstić information content (AvgIpc) is 2.52. The topological polar surface area (TPSA) is 75.4 Å². The van der Waals surface area contributed by atoms with Gasteiger partial charge in [0, 0.05) is 18.9 Å². The van der Waals surface area contributed by atoms with Crippen molar-refractivity contribution in [2.75, 3.05) is 13.7 Å². The van der Waals surface area contributed by atoms with Gasteiger partial charge in [-0.15, -0.1) is 0 Å². The molecule has 0 saturated heterocycles. The molecular formula is C15H19N3O3. The van der Waals surface area contributed by atoms with E-state index in [9.17, 15) is 9.59 Å². The van der Waals surface area contributed by atoms with Crippen molar-refractivity contribution in [2.45, 2.75) is 25.9 Å². The quantitative estimate of drug-likeness (QED) is 0.876. The number of rotatable bonds is 5. The van der Waals surface area contributed by atoms with Gasteiger partial charge in [0.15, 0.2) is 0 Å². The van der Waals surface area contributed by atoms with Crippen molar-refractivity contribution >= 4 is 16.8 Å². The smallest absolute Gasteiger partial charge is 0.224 e. The van der Waals surface area contributed by atoms with Crippen LogP contribution in [-0.4, -0.2) is 45.4 Å². The monoisotopic (exact) mass is 289 g/mol. The third kappa shape index (κ3) is 3.28. The van der Waals surface area contributed by atoms with Crippen molar-refractivity contribution in [3.63, 3.8) is 0 Å². The van der Waals surface area contributed by atoms with E-state index in [-0.39, 0.29) is 30.4 Å². The molecular weight excluding hydrogens is 270 g/mol. The number of aliphatic hydroxyl groups is 1. The van der Waals surface area contributed by atoms with E-state index in [1.807, 2.05) is 12.1 Å². The maximum atomic E-state index is 12.0. The highest BCUT2D eigenvalue weighted by atomic mass is 16.3. The SMILES string of the molecule is CC(CO)N(C)C(=O)CCn1ncc(=O)c2ccccc21. The number of fused-ring (bicyclic) bond motifs is 1. The zero-order valence-electron chi connectivity index (χ0n) is 12.2. The molecule has 0 aliphatic heterocycles. The van der Waals surface area contributed by atoms with Crippen molar-refractivity contribution in [2.24, 2.45) is 0 Å². The Kier molecular flexibility index (Phi) is 4.70. The second kappa shape index (κ2) is 6.49. The molecule has 6 nitrogen and oxygen atoms in total. The molecule has 2 aromatic rings. The molecule has 0 radical (unpaired) electrons. The summed E-state index contributed by atoms with van der Waals surface area (Å²) >= 11 is 0. The molecule has 1 aromatic carbocycles. The normalized spacial score (nSPS) is 12.3. The summed E-state index contributed by atoms with van der Waals surface area (Å²) in [7, 11) is 1.67. The predicted molar refractivity (Wildman–Crippen MR) is 79.9 cm³/mol. The van der Waals surface area contributed by atoms with Gasteiger partial charge in [-0.3, -0.25) is 14.3 Å². The minimum absolute atomic E-state index is 0.0680. The fourth-order valence-electron chi connectivity index (χ4n) is 2.09. The highest BCUT2D eigenvalue weighted by molar-refractivity contribution is 5.79. The first-order valence-electron chi connectivity index (χ1n) is 6.86. The minimum atomic E-state index is -0.212. The van der Waals surface area contributed by atoms with Gasteiger partial charge < -0.3 is 10.0 Å². The van der Waals surface area contributed by atoms with Crippen LogP contribution >= 0.6 is 0 Å². The van der Waals surface area contributed by atoms with Gasteiger partial charge in [0.1, 0.15) is 0 Å². The summed E-state index contributed by atoms with van der Waals surface area (Å²) < 4.78 is 1.66. The van der Waals surface area contributed by atoms with Gasteiger partial charge in [0.05, 0.1) is 30.9 Å². The zero-order valence-corrected chi connectivity index (χ0v) is 12.2. The van der Waals surface area contributed by atoms with E-state index < -0.39 is 0 Å². The Bertz CT molecular complexity index is 696. The first-order chi connectivity index (χ1) is 10.0. The maximum Gasteiger partial charge on any atom is 0.224 e. The van der Waals surface area contributed by atoms with Crippen LogP contribution < -0.4 is 5.43 Å². The second-order valence-electron chi connectivity index (χ2n) is 5.04. The Labute approximate surface area is 122 Å². The van der Waals surface area contributed by atoms with E-state index in [1.165, 1.54) is 11.1 Å². The van der Waals surface area contributed by atoms with Gasteiger partial charge >= 0.3 is 0 Å². The standard InChI is InChI=1S/C15H19N3O3/c1-11(10-19)17(2)15(21)7-8-18-13-6-4-3-5-12(13)14(20)9-16-18/h3-6,9,11,19H,7-8,10H2,1-2H3. The van der Waals surface area contributed by atoms with Crippen LogP contribution in [0.25, 0.3) is 10.9 Å². The van der Waals surface area contributed by atoms with E-state index >= 15 is 0 Å². The molecule has 0 bridgehead atoms.